The summed E-state index contributed by atoms with van der Waals surface area (Å²) in [5.74, 6) is 0.293. The molecule has 5 nitrogen and oxygen atoms in total. The lowest BCUT2D eigenvalue weighted by molar-refractivity contribution is -0.134. The molecule has 2 fully saturated rings. The molecule has 1 amide bonds. The zero-order chi connectivity index (χ0) is 13.5. The molecule has 0 aromatic carbocycles. The number of piperazine rings is 1. The van der Waals surface area contributed by atoms with E-state index in [0.29, 0.717) is 25.0 Å². The van der Waals surface area contributed by atoms with Crippen molar-refractivity contribution in [3.8, 4) is 0 Å². The Morgan fingerprint density at radius 3 is 2.63 bits per heavy atom. The maximum atomic E-state index is 12.1. The highest BCUT2D eigenvalue weighted by molar-refractivity contribution is 5.76. The molecule has 2 saturated heterocycles. The molecule has 2 N–H and O–H groups in total. The number of ether oxygens (including phenoxy) is 1. The zero-order valence-corrected chi connectivity index (χ0v) is 11.9. The summed E-state index contributed by atoms with van der Waals surface area (Å²) in [6, 6.07) is 0. The summed E-state index contributed by atoms with van der Waals surface area (Å²) in [7, 11) is 0. The lowest BCUT2D eigenvalue weighted by atomic mass is 10.0. The normalized spacial score (nSPS) is 25.5. The van der Waals surface area contributed by atoms with Gasteiger partial charge >= 0.3 is 0 Å². The van der Waals surface area contributed by atoms with Gasteiger partial charge in [-0.05, 0) is 25.7 Å². The predicted molar refractivity (Wildman–Crippen MR) is 74.9 cm³/mol. The fraction of sp³-hybridized carbons (Fsp3) is 0.929. The van der Waals surface area contributed by atoms with Gasteiger partial charge in [0, 0.05) is 52.3 Å². The van der Waals surface area contributed by atoms with Gasteiger partial charge < -0.3 is 15.4 Å². The van der Waals surface area contributed by atoms with Gasteiger partial charge in [-0.25, -0.2) is 0 Å². The molecule has 110 valence electrons. The number of nitrogens with zero attached hydrogens (tertiary/aromatic N) is 2. The molecule has 2 heterocycles. The predicted octanol–water partition coefficient (Wildman–Crippen LogP) is 0.439. The zero-order valence-electron chi connectivity index (χ0n) is 11.9. The molecule has 0 aromatic rings. The largest absolute Gasteiger partial charge is 0.378 e. The van der Waals surface area contributed by atoms with Crippen LogP contribution in [-0.4, -0.2) is 67.7 Å². The molecule has 2 aliphatic heterocycles. The van der Waals surface area contributed by atoms with Crippen molar-refractivity contribution in [1.29, 1.82) is 0 Å². The van der Waals surface area contributed by atoms with Crippen LogP contribution in [0, 0.1) is 0 Å². The minimum absolute atomic E-state index is 0.293. The van der Waals surface area contributed by atoms with E-state index >= 15 is 0 Å². The van der Waals surface area contributed by atoms with E-state index in [0.717, 1.165) is 52.2 Å². The number of rotatable bonds is 5. The summed E-state index contributed by atoms with van der Waals surface area (Å²) in [5.41, 5.74) is 5.55. The van der Waals surface area contributed by atoms with Crippen molar-refractivity contribution in [3.05, 3.63) is 0 Å². The molecular weight excluding hydrogens is 242 g/mol. The summed E-state index contributed by atoms with van der Waals surface area (Å²) in [5, 5.41) is 0. The summed E-state index contributed by atoms with van der Waals surface area (Å²) >= 11 is 0. The van der Waals surface area contributed by atoms with Crippen LogP contribution in [0.15, 0.2) is 0 Å². The van der Waals surface area contributed by atoms with E-state index in [1.807, 2.05) is 4.90 Å². The van der Waals surface area contributed by atoms with Crippen molar-refractivity contribution >= 4 is 5.91 Å². The maximum Gasteiger partial charge on any atom is 0.222 e. The van der Waals surface area contributed by atoms with Crippen molar-refractivity contribution in [1.82, 2.24) is 9.80 Å². The van der Waals surface area contributed by atoms with E-state index < -0.39 is 0 Å². The Balaban J connectivity index is 1.63. The molecule has 0 spiro atoms. The lowest BCUT2D eigenvalue weighted by Gasteiger charge is -2.34. The Morgan fingerprint density at radius 1 is 1.21 bits per heavy atom. The fourth-order valence-corrected chi connectivity index (χ4v) is 2.88. The Bertz CT molecular complexity index is 272. The van der Waals surface area contributed by atoms with Crippen LogP contribution in [0.25, 0.3) is 0 Å². The molecule has 1 unspecified atom stereocenters. The highest BCUT2D eigenvalue weighted by atomic mass is 16.5. The van der Waals surface area contributed by atoms with Crippen molar-refractivity contribution < 1.29 is 9.53 Å². The van der Waals surface area contributed by atoms with Crippen molar-refractivity contribution in [3.63, 3.8) is 0 Å². The third-order valence-electron chi connectivity index (χ3n) is 4.12. The van der Waals surface area contributed by atoms with Crippen LogP contribution in [0.1, 0.15) is 32.1 Å². The van der Waals surface area contributed by atoms with E-state index in [1.54, 1.807) is 0 Å². The van der Waals surface area contributed by atoms with Crippen molar-refractivity contribution in [2.45, 2.75) is 38.2 Å². The SMILES string of the molecule is NCCN1CCN(C(=O)CCC2CCCCO2)CC1. The van der Waals surface area contributed by atoms with E-state index in [9.17, 15) is 4.79 Å². The Hall–Kier alpha value is -0.650. The van der Waals surface area contributed by atoms with Gasteiger partial charge in [-0.15, -0.1) is 0 Å². The molecule has 0 aliphatic carbocycles. The van der Waals surface area contributed by atoms with E-state index in [-0.39, 0.29) is 0 Å². The Kier molecular flexibility index (Phi) is 6.07. The van der Waals surface area contributed by atoms with Crippen LogP contribution in [0.5, 0.6) is 0 Å². The van der Waals surface area contributed by atoms with Crippen LogP contribution in [-0.2, 0) is 9.53 Å². The summed E-state index contributed by atoms with van der Waals surface area (Å²) in [6.45, 7) is 6.14. The minimum Gasteiger partial charge on any atom is -0.378 e. The molecule has 0 radical (unpaired) electrons. The molecule has 0 aromatic heterocycles. The summed E-state index contributed by atoms with van der Waals surface area (Å²) in [6.07, 6.45) is 5.39. The first-order valence-electron chi connectivity index (χ1n) is 7.61. The monoisotopic (exact) mass is 269 g/mol. The van der Waals surface area contributed by atoms with Crippen LogP contribution >= 0.6 is 0 Å². The molecule has 5 heteroatoms. The first kappa shape index (κ1) is 14.8. The summed E-state index contributed by atoms with van der Waals surface area (Å²) < 4.78 is 5.67. The van der Waals surface area contributed by atoms with Gasteiger partial charge in [-0.1, -0.05) is 0 Å². The average Bonchev–Trinajstić information content (AvgIpc) is 2.47. The molecule has 0 saturated carbocycles. The number of amides is 1. The van der Waals surface area contributed by atoms with Crippen LogP contribution in [0.3, 0.4) is 0 Å². The minimum atomic E-state index is 0.293. The van der Waals surface area contributed by atoms with Crippen LogP contribution in [0.4, 0.5) is 0 Å². The van der Waals surface area contributed by atoms with E-state index in [2.05, 4.69) is 4.90 Å². The Morgan fingerprint density at radius 2 is 2.00 bits per heavy atom. The van der Waals surface area contributed by atoms with E-state index in [1.165, 1.54) is 12.8 Å². The first-order valence-corrected chi connectivity index (χ1v) is 7.61. The van der Waals surface area contributed by atoms with Crippen molar-refractivity contribution in [2.24, 2.45) is 5.73 Å². The van der Waals surface area contributed by atoms with Gasteiger partial charge in [0.15, 0.2) is 0 Å². The average molecular weight is 269 g/mol. The second kappa shape index (κ2) is 7.82. The smallest absolute Gasteiger partial charge is 0.222 e. The number of hydrogen-bond acceptors (Lipinski definition) is 4. The second-order valence-electron chi connectivity index (χ2n) is 5.54. The molecule has 0 bridgehead atoms. The van der Waals surface area contributed by atoms with Gasteiger partial charge in [0.05, 0.1) is 6.10 Å². The van der Waals surface area contributed by atoms with Gasteiger partial charge in [-0.2, -0.15) is 0 Å². The van der Waals surface area contributed by atoms with Gasteiger partial charge in [0.25, 0.3) is 0 Å². The summed E-state index contributed by atoms with van der Waals surface area (Å²) in [4.78, 5) is 16.5. The Labute approximate surface area is 116 Å². The molecular formula is C14H27N3O2. The van der Waals surface area contributed by atoms with Crippen LogP contribution in [0.2, 0.25) is 0 Å². The molecule has 2 rings (SSSR count). The standard InChI is InChI=1S/C14H27N3O2/c15-6-7-16-8-10-17(11-9-16)14(18)5-4-13-3-1-2-12-19-13/h13H,1-12,15H2. The lowest BCUT2D eigenvalue weighted by Crippen LogP contribution is -2.49. The highest BCUT2D eigenvalue weighted by Gasteiger charge is 2.22. The number of nitrogens with two attached hydrogens (primary N) is 1. The molecule has 19 heavy (non-hydrogen) atoms. The number of carbonyl (C=O) groups is 1. The quantitative estimate of drug-likeness (QED) is 0.787. The van der Waals surface area contributed by atoms with Crippen LogP contribution < -0.4 is 5.73 Å². The van der Waals surface area contributed by atoms with Crippen molar-refractivity contribution in [2.75, 3.05) is 45.9 Å². The van der Waals surface area contributed by atoms with Gasteiger partial charge in [0.1, 0.15) is 0 Å². The third kappa shape index (κ3) is 4.75. The van der Waals surface area contributed by atoms with Gasteiger partial charge in [0.2, 0.25) is 5.91 Å². The molecule has 1 atom stereocenters. The number of carbonyl (C=O) groups excluding carboxylic acids is 1. The highest BCUT2D eigenvalue weighted by Crippen LogP contribution is 2.17. The fourth-order valence-electron chi connectivity index (χ4n) is 2.88. The third-order valence-corrected chi connectivity index (χ3v) is 4.12. The van der Waals surface area contributed by atoms with E-state index in [4.69, 9.17) is 10.5 Å². The van der Waals surface area contributed by atoms with Gasteiger partial charge in [-0.3, -0.25) is 9.69 Å². The molecule has 2 aliphatic rings. The first-order chi connectivity index (χ1) is 9.29. The topological polar surface area (TPSA) is 58.8 Å². The number of hydrogen-bond donors (Lipinski definition) is 1. The second-order valence-corrected chi connectivity index (χ2v) is 5.54. The maximum absolute atomic E-state index is 12.1.